The molecule has 148 valence electrons. The second-order valence-corrected chi connectivity index (χ2v) is 9.29. The Morgan fingerprint density at radius 3 is 2.41 bits per heavy atom. The topological polar surface area (TPSA) is 46.2 Å². The van der Waals surface area contributed by atoms with Crippen molar-refractivity contribution in [1.29, 1.82) is 0 Å². The maximum absolute atomic E-state index is 13.2. The molecule has 0 heterocycles. The van der Waals surface area contributed by atoms with Crippen LogP contribution in [-0.2, 0) is 26.8 Å². The van der Waals surface area contributed by atoms with E-state index in [1.165, 1.54) is 0 Å². The number of hydrogen-bond acceptors (Lipinski definition) is 2. The number of carbonyl (C=O) groups excluding carboxylic acids is 1. The van der Waals surface area contributed by atoms with E-state index in [2.05, 4.69) is 5.32 Å². The van der Waals surface area contributed by atoms with Crippen molar-refractivity contribution in [2.24, 2.45) is 0 Å². The zero-order chi connectivity index (χ0) is 20.3. The fourth-order valence-electron chi connectivity index (χ4n) is 3.76. The lowest BCUT2D eigenvalue weighted by molar-refractivity contribution is -0.124. The highest BCUT2D eigenvalue weighted by molar-refractivity contribution is 7.84. The highest BCUT2D eigenvalue weighted by atomic mass is 35.5. The van der Waals surface area contributed by atoms with Gasteiger partial charge in [-0.1, -0.05) is 60.5 Å². The van der Waals surface area contributed by atoms with Crippen LogP contribution in [-0.4, -0.2) is 10.1 Å². The Morgan fingerprint density at radius 1 is 0.966 bits per heavy atom. The van der Waals surface area contributed by atoms with Gasteiger partial charge in [0.15, 0.2) is 0 Å². The van der Waals surface area contributed by atoms with E-state index in [0.717, 1.165) is 41.0 Å². The van der Waals surface area contributed by atoms with E-state index in [4.69, 9.17) is 11.6 Å². The minimum absolute atomic E-state index is 0.00708. The van der Waals surface area contributed by atoms with Crippen molar-refractivity contribution in [2.75, 3.05) is 5.32 Å². The van der Waals surface area contributed by atoms with Crippen molar-refractivity contribution in [3.05, 3.63) is 95.0 Å². The molecule has 1 atom stereocenters. The van der Waals surface area contributed by atoms with E-state index < -0.39 is 16.2 Å². The van der Waals surface area contributed by atoms with Gasteiger partial charge in [-0.15, -0.1) is 0 Å². The molecule has 0 spiro atoms. The molecule has 4 rings (SSSR count). The van der Waals surface area contributed by atoms with E-state index in [1.54, 1.807) is 0 Å². The normalized spacial score (nSPS) is 15.9. The summed E-state index contributed by atoms with van der Waals surface area (Å²) >= 11 is 6.16. The van der Waals surface area contributed by atoms with Crippen LogP contribution in [0.5, 0.6) is 0 Å². The monoisotopic (exact) mass is 423 g/mol. The number of rotatable bonds is 6. The van der Waals surface area contributed by atoms with Gasteiger partial charge in [0, 0.05) is 15.6 Å². The van der Waals surface area contributed by atoms with Gasteiger partial charge in [-0.25, -0.2) is 0 Å². The summed E-state index contributed by atoms with van der Waals surface area (Å²) < 4.78 is 12.6. The molecule has 0 aromatic heterocycles. The zero-order valence-electron chi connectivity index (χ0n) is 15.9. The first kappa shape index (κ1) is 19.9. The molecule has 0 bridgehead atoms. The standard InChI is InChI=1S/C24H22ClNO2S/c25-20-9-5-8-19(16-20)24(13-6-14-24)23(27)26-21-10-4-7-18(15-21)17-29(28)22-11-2-1-3-12-22/h1-5,7-12,15-16H,6,13-14,17H2,(H,26,27). The number of hydrogen-bond donors (Lipinski definition) is 1. The van der Waals surface area contributed by atoms with E-state index in [0.29, 0.717) is 10.8 Å². The summed E-state index contributed by atoms with van der Waals surface area (Å²) in [4.78, 5) is 14.0. The number of halogens is 1. The molecule has 5 heteroatoms. The smallest absolute Gasteiger partial charge is 0.235 e. The molecule has 3 nitrogen and oxygen atoms in total. The van der Waals surface area contributed by atoms with E-state index in [1.807, 2.05) is 78.9 Å². The average molecular weight is 424 g/mol. The number of benzene rings is 3. The Balaban J connectivity index is 1.50. The molecule has 1 aliphatic carbocycles. The van der Waals surface area contributed by atoms with E-state index >= 15 is 0 Å². The van der Waals surface area contributed by atoms with Crippen LogP contribution in [0.3, 0.4) is 0 Å². The summed E-state index contributed by atoms with van der Waals surface area (Å²) in [6.45, 7) is 0. The second-order valence-electron chi connectivity index (χ2n) is 7.40. The van der Waals surface area contributed by atoms with Crippen LogP contribution in [0, 0.1) is 0 Å². The molecule has 0 saturated heterocycles. The Bertz CT molecular complexity index is 1050. The van der Waals surface area contributed by atoms with Crippen molar-refractivity contribution in [2.45, 2.75) is 35.3 Å². The predicted octanol–water partition coefficient (Wildman–Crippen LogP) is 5.71. The largest absolute Gasteiger partial charge is 0.325 e. The second kappa shape index (κ2) is 8.52. The summed E-state index contributed by atoms with van der Waals surface area (Å²) in [6.07, 6.45) is 2.66. The summed E-state index contributed by atoms with van der Waals surface area (Å²) in [5.74, 6) is 0.403. The highest BCUT2D eigenvalue weighted by Gasteiger charge is 2.45. The van der Waals surface area contributed by atoms with Crippen molar-refractivity contribution in [3.8, 4) is 0 Å². The number of anilines is 1. The Morgan fingerprint density at radius 2 is 1.72 bits per heavy atom. The van der Waals surface area contributed by atoms with E-state index in [9.17, 15) is 9.00 Å². The third-order valence-corrected chi connectivity index (χ3v) is 7.14. The molecule has 1 aliphatic rings. The number of amides is 1. The van der Waals surface area contributed by atoms with Gasteiger partial charge in [0.2, 0.25) is 5.91 Å². The Labute approximate surface area is 178 Å². The predicted molar refractivity (Wildman–Crippen MR) is 119 cm³/mol. The summed E-state index contributed by atoms with van der Waals surface area (Å²) in [6, 6.07) is 24.6. The Kier molecular flexibility index (Phi) is 5.84. The number of carbonyl (C=O) groups is 1. The fraction of sp³-hybridized carbons (Fsp3) is 0.208. The van der Waals surface area contributed by atoms with Crippen LogP contribution in [0.4, 0.5) is 5.69 Å². The van der Waals surface area contributed by atoms with Gasteiger partial charge in [0.05, 0.1) is 22.0 Å². The summed E-state index contributed by atoms with van der Waals surface area (Å²) in [7, 11) is -1.12. The molecule has 29 heavy (non-hydrogen) atoms. The van der Waals surface area contributed by atoms with Gasteiger partial charge in [-0.3, -0.25) is 9.00 Å². The van der Waals surface area contributed by atoms with Gasteiger partial charge < -0.3 is 5.32 Å². The SMILES string of the molecule is O=C(Nc1cccc(CS(=O)c2ccccc2)c1)C1(c2cccc(Cl)c2)CCC1. The minimum atomic E-state index is -1.12. The molecule has 1 saturated carbocycles. The third kappa shape index (κ3) is 4.29. The quantitative estimate of drug-likeness (QED) is 0.552. The van der Waals surface area contributed by atoms with Crippen LogP contribution in [0.2, 0.25) is 5.02 Å². The Hall–Kier alpha value is -2.43. The molecule has 0 aliphatic heterocycles. The maximum Gasteiger partial charge on any atom is 0.235 e. The lowest BCUT2D eigenvalue weighted by Gasteiger charge is -2.40. The molecular weight excluding hydrogens is 402 g/mol. The fourth-order valence-corrected chi connectivity index (χ4v) is 5.06. The van der Waals surface area contributed by atoms with Crippen LogP contribution in [0.15, 0.2) is 83.8 Å². The molecule has 1 amide bonds. The first-order chi connectivity index (χ1) is 14.1. The molecule has 3 aromatic rings. The molecule has 0 radical (unpaired) electrons. The first-order valence-electron chi connectivity index (χ1n) is 9.67. The maximum atomic E-state index is 13.2. The van der Waals surface area contributed by atoms with Crippen molar-refractivity contribution >= 4 is 34.0 Å². The van der Waals surface area contributed by atoms with Crippen LogP contribution >= 0.6 is 11.6 Å². The molecule has 1 N–H and O–H groups in total. The average Bonchev–Trinajstić information content (AvgIpc) is 2.68. The van der Waals surface area contributed by atoms with Gasteiger partial charge in [0.1, 0.15) is 0 Å². The van der Waals surface area contributed by atoms with Crippen molar-refractivity contribution < 1.29 is 9.00 Å². The molecular formula is C24H22ClNO2S. The lowest BCUT2D eigenvalue weighted by atomic mass is 9.64. The third-order valence-electron chi connectivity index (χ3n) is 5.51. The van der Waals surface area contributed by atoms with Crippen LogP contribution < -0.4 is 5.32 Å². The highest BCUT2D eigenvalue weighted by Crippen LogP contribution is 2.45. The lowest BCUT2D eigenvalue weighted by Crippen LogP contribution is -2.46. The zero-order valence-corrected chi connectivity index (χ0v) is 17.5. The summed E-state index contributed by atoms with van der Waals surface area (Å²) in [5, 5.41) is 3.72. The molecule has 1 unspecified atom stereocenters. The van der Waals surface area contributed by atoms with E-state index in [-0.39, 0.29) is 5.91 Å². The van der Waals surface area contributed by atoms with Crippen LogP contribution in [0.25, 0.3) is 0 Å². The summed E-state index contributed by atoms with van der Waals surface area (Å²) in [5.41, 5.74) is 2.10. The minimum Gasteiger partial charge on any atom is -0.325 e. The van der Waals surface area contributed by atoms with Gasteiger partial charge >= 0.3 is 0 Å². The van der Waals surface area contributed by atoms with Gasteiger partial charge in [0.25, 0.3) is 0 Å². The number of nitrogens with one attached hydrogen (secondary N) is 1. The van der Waals surface area contributed by atoms with Crippen LogP contribution in [0.1, 0.15) is 30.4 Å². The first-order valence-corrected chi connectivity index (χ1v) is 11.4. The molecule has 1 fully saturated rings. The van der Waals surface area contributed by atoms with Crippen molar-refractivity contribution in [3.63, 3.8) is 0 Å². The van der Waals surface area contributed by atoms with Crippen molar-refractivity contribution in [1.82, 2.24) is 0 Å². The van der Waals surface area contributed by atoms with Gasteiger partial charge in [-0.05, 0) is 60.4 Å². The molecule has 3 aromatic carbocycles. The van der Waals surface area contributed by atoms with Gasteiger partial charge in [-0.2, -0.15) is 0 Å².